The Morgan fingerprint density at radius 3 is 2.25 bits per heavy atom. The van der Waals surface area contributed by atoms with Crippen LogP contribution >= 0.6 is 0 Å². The summed E-state index contributed by atoms with van der Waals surface area (Å²) in [5, 5.41) is 27.6. The molecule has 1 aromatic heterocycles. The molecule has 0 saturated heterocycles. The average Bonchev–Trinajstić information content (AvgIpc) is 2.61. The molecular formula is C18H16BF3N2O4. The van der Waals surface area contributed by atoms with Gasteiger partial charge in [-0.2, -0.15) is 13.2 Å². The summed E-state index contributed by atoms with van der Waals surface area (Å²) in [6.07, 6.45) is -5.08. The topological polar surface area (TPSA) is 117 Å². The van der Waals surface area contributed by atoms with E-state index in [1.807, 2.05) is 37.3 Å². The molecule has 0 aliphatic rings. The van der Waals surface area contributed by atoms with Crippen molar-refractivity contribution in [1.82, 2.24) is 4.98 Å². The fourth-order valence-electron chi connectivity index (χ4n) is 2.48. The zero-order valence-corrected chi connectivity index (χ0v) is 14.6. The van der Waals surface area contributed by atoms with Gasteiger partial charge in [-0.1, -0.05) is 36.4 Å². The number of carboxylic acid groups (broad SMARTS) is 1. The highest BCUT2D eigenvalue weighted by Gasteiger charge is 2.38. The number of halogens is 3. The molecular weight excluding hydrogens is 376 g/mol. The van der Waals surface area contributed by atoms with Crippen LogP contribution in [0.1, 0.15) is 5.69 Å². The molecule has 2 aromatic carbocycles. The number of aliphatic carboxylic acids is 1. The van der Waals surface area contributed by atoms with E-state index in [0.29, 0.717) is 11.3 Å². The second kappa shape index (κ2) is 8.28. The van der Waals surface area contributed by atoms with Gasteiger partial charge < -0.3 is 20.9 Å². The summed E-state index contributed by atoms with van der Waals surface area (Å²) in [6, 6.07) is 15.1. The van der Waals surface area contributed by atoms with E-state index in [1.165, 1.54) is 0 Å². The van der Waals surface area contributed by atoms with Crippen molar-refractivity contribution in [3.8, 4) is 11.1 Å². The Morgan fingerprint density at radius 2 is 1.68 bits per heavy atom. The van der Waals surface area contributed by atoms with Gasteiger partial charge in [0.25, 0.3) is 0 Å². The molecule has 1 heterocycles. The second-order valence-electron chi connectivity index (χ2n) is 5.89. The van der Waals surface area contributed by atoms with Gasteiger partial charge in [-0.05, 0) is 41.0 Å². The van der Waals surface area contributed by atoms with Crippen LogP contribution < -0.4 is 11.2 Å². The van der Waals surface area contributed by atoms with Gasteiger partial charge in [0.1, 0.15) is 5.82 Å². The van der Waals surface area contributed by atoms with Gasteiger partial charge in [0.2, 0.25) is 0 Å². The number of aryl methyl sites for hydroxylation is 1. The summed E-state index contributed by atoms with van der Waals surface area (Å²) in [4.78, 5) is 13.1. The molecule has 146 valence electrons. The number of nitrogen functional groups attached to an aromatic ring is 1. The number of hydrogen-bond donors (Lipinski definition) is 4. The molecule has 10 heteroatoms. The Balaban J connectivity index is 0.000000345. The first-order chi connectivity index (χ1) is 13.0. The van der Waals surface area contributed by atoms with Crippen LogP contribution in [0.4, 0.5) is 19.0 Å². The molecule has 0 fully saturated rings. The van der Waals surface area contributed by atoms with Crippen molar-refractivity contribution in [2.24, 2.45) is 0 Å². The lowest BCUT2D eigenvalue weighted by atomic mass is 9.79. The minimum absolute atomic E-state index is 0.470. The first-order valence-corrected chi connectivity index (χ1v) is 7.92. The average molecular weight is 392 g/mol. The van der Waals surface area contributed by atoms with Crippen LogP contribution in [0, 0.1) is 6.92 Å². The molecule has 0 aliphatic carbocycles. The predicted octanol–water partition coefficient (Wildman–Crippen LogP) is 2.11. The smallest absolute Gasteiger partial charge is 0.475 e. The number of carboxylic acids is 1. The maximum atomic E-state index is 10.6. The zero-order chi connectivity index (χ0) is 21.1. The van der Waals surface area contributed by atoms with Crippen molar-refractivity contribution >= 4 is 35.1 Å². The number of rotatable bonds is 2. The lowest BCUT2D eigenvalue weighted by Gasteiger charge is -2.08. The van der Waals surface area contributed by atoms with Crippen LogP contribution in [0.2, 0.25) is 0 Å². The summed E-state index contributed by atoms with van der Waals surface area (Å²) in [6.45, 7) is 1.91. The maximum Gasteiger partial charge on any atom is 0.490 e. The highest BCUT2D eigenvalue weighted by Crippen LogP contribution is 2.26. The third-order valence-electron chi connectivity index (χ3n) is 3.75. The number of anilines is 1. The van der Waals surface area contributed by atoms with Crippen LogP contribution in [0.5, 0.6) is 0 Å². The molecule has 0 atom stereocenters. The van der Waals surface area contributed by atoms with Gasteiger partial charge in [0, 0.05) is 11.1 Å². The minimum atomic E-state index is -5.08. The van der Waals surface area contributed by atoms with Crippen molar-refractivity contribution in [3.05, 3.63) is 54.2 Å². The highest BCUT2D eigenvalue weighted by atomic mass is 19.4. The summed E-state index contributed by atoms with van der Waals surface area (Å²) in [7, 11) is -1.47. The van der Waals surface area contributed by atoms with E-state index in [1.54, 1.807) is 18.2 Å². The SMILES string of the molecule is Cc1cc2cc(-c3cccc(B(O)O)c3)ccc2c(N)n1.O=C(O)C(F)(F)F. The lowest BCUT2D eigenvalue weighted by Crippen LogP contribution is -2.29. The van der Waals surface area contributed by atoms with Gasteiger partial charge in [0.05, 0.1) is 0 Å². The van der Waals surface area contributed by atoms with E-state index in [2.05, 4.69) is 4.98 Å². The maximum absolute atomic E-state index is 10.6. The summed E-state index contributed by atoms with van der Waals surface area (Å²) < 4.78 is 31.7. The van der Waals surface area contributed by atoms with Crippen molar-refractivity contribution in [2.75, 3.05) is 5.73 Å². The molecule has 3 rings (SSSR count). The standard InChI is InChI=1S/C16H15BN2O2.C2HF3O2/c1-10-7-13-8-12(5-6-15(13)16(18)19-10)11-3-2-4-14(9-11)17(20)21;3-2(4,5)1(6)7/h2-9,20-21H,1H3,(H2,18,19);(H,6,7). The van der Waals surface area contributed by atoms with E-state index in [-0.39, 0.29) is 0 Å². The summed E-state index contributed by atoms with van der Waals surface area (Å²) >= 11 is 0. The number of aromatic nitrogens is 1. The fourth-order valence-corrected chi connectivity index (χ4v) is 2.48. The van der Waals surface area contributed by atoms with Gasteiger partial charge in [-0.3, -0.25) is 0 Å². The Bertz CT molecular complexity index is 1010. The summed E-state index contributed by atoms with van der Waals surface area (Å²) in [5.41, 5.74) is 9.20. The van der Waals surface area contributed by atoms with Crippen molar-refractivity contribution in [3.63, 3.8) is 0 Å². The molecule has 3 aromatic rings. The van der Waals surface area contributed by atoms with Crippen molar-refractivity contribution in [1.29, 1.82) is 0 Å². The number of carbonyl (C=O) groups is 1. The highest BCUT2D eigenvalue weighted by molar-refractivity contribution is 6.58. The zero-order valence-electron chi connectivity index (χ0n) is 14.6. The number of alkyl halides is 3. The Morgan fingerprint density at radius 1 is 1.07 bits per heavy atom. The first-order valence-electron chi connectivity index (χ1n) is 7.92. The van der Waals surface area contributed by atoms with Crippen LogP contribution in [0.15, 0.2) is 48.5 Å². The Labute approximate surface area is 158 Å². The number of benzene rings is 2. The Kier molecular flexibility index (Phi) is 6.27. The molecule has 6 nitrogen and oxygen atoms in total. The minimum Gasteiger partial charge on any atom is -0.475 e. The molecule has 0 bridgehead atoms. The third-order valence-corrected chi connectivity index (χ3v) is 3.75. The third kappa shape index (κ3) is 5.21. The van der Waals surface area contributed by atoms with E-state index in [9.17, 15) is 23.2 Å². The molecule has 5 N–H and O–H groups in total. The van der Waals surface area contributed by atoms with Crippen molar-refractivity contribution < 1.29 is 33.1 Å². The molecule has 0 amide bonds. The largest absolute Gasteiger partial charge is 0.490 e. The van der Waals surface area contributed by atoms with E-state index >= 15 is 0 Å². The molecule has 0 spiro atoms. The van der Waals surface area contributed by atoms with Gasteiger partial charge in [0.15, 0.2) is 0 Å². The van der Waals surface area contributed by atoms with Crippen LogP contribution in [0.3, 0.4) is 0 Å². The molecule has 0 aliphatic heterocycles. The second-order valence-corrected chi connectivity index (χ2v) is 5.89. The van der Waals surface area contributed by atoms with E-state index in [0.717, 1.165) is 27.6 Å². The van der Waals surface area contributed by atoms with Gasteiger partial charge in [-0.15, -0.1) is 0 Å². The molecule has 0 saturated carbocycles. The molecule has 0 radical (unpaired) electrons. The van der Waals surface area contributed by atoms with Crippen molar-refractivity contribution in [2.45, 2.75) is 13.1 Å². The molecule has 0 unspecified atom stereocenters. The monoisotopic (exact) mass is 392 g/mol. The Hall–Kier alpha value is -3.11. The van der Waals surface area contributed by atoms with Crippen LogP contribution in [-0.2, 0) is 4.79 Å². The number of nitrogens with zero attached hydrogens (tertiary/aromatic N) is 1. The van der Waals surface area contributed by atoms with Gasteiger partial charge in [-0.25, -0.2) is 9.78 Å². The lowest BCUT2D eigenvalue weighted by molar-refractivity contribution is -0.192. The van der Waals surface area contributed by atoms with Crippen LogP contribution in [-0.4, -0.2) is 39.4 Å². The van der Waals surface area contributed by atoms with E-state index in [4.69, 9.17) is 15.6 Å². The number of pyridine rings is 1. The number of nitrogens with two attached hydrogens (primary N) is 1. The fraction of sp³-hybridized carbons (Fsp3) is 0.111. The number of fused-ring (bicyclic) bond motifs is 1. The predicted molar refractivity (Wildman–Crippen MR) is 99.8 cm³/mol. The van der Waals surface area contributed by atoms with E-state index < -0.39 is 19.3 Å². The quantitative estimate of drug-likeness (QED) is 0.497. The summed E-state index contributed by atoms with van der Waals surface area (Å²) in [5.74, 6) is -2.23. The van der Waals surface area contributed by atoms with Crippen LogP contribution in [0.25, 0.3) is 21.9 Å². The normalized spacial score (nSPS) is 10.9. The number of hydrogen-bond acceptors (Lipinski definition) is 5. The first kappa shape index (κ1) is 21.2. The van der Waals surface area contributed by atoms with Gasteiger partial charge >= 0.3 is 19.3 Å². The molecule has 28 heavy (non-hydrogen) atoms.